The largest absolute Gasteiger partial charge is 0.507 e. The third-order valence-electron chi connectivity index (χ3n) is 4.96. The van der Waals surface area contributed by atoms with Gasteiger partial charge in [-0.25, -0.2) is 4.98 Å². The Bertz CT molecular complexity index is 1290. The highest BCUT2D eigenvalue weighted by Gasteiger charge is 2.18. The third-order valence-corrected chi connectivity index (χ3v) is 4.96. The van der Waals surface area contributed by atoms with E-state index in [9.17, 15) is 9.90 Å². The fourth-order valence-corrected chi connectivity index (χ4v) is 3.35. The second kappa shape index (κ2) is 8.50. The molecule has 0 aliphatic rings. The Labute approximate surface area is 184 Å². The van der Waals surface area contributed by atoms with Crippen LogP contribution in [-0.2, 0) is 0 Å². The van der Waals surface area contributed by atoms with Crippen molar-refractivity contribution in [2.45, 2.75) is 6.92 Å². The van der Waals surface area contributed by atoms with Crippen molar-refractivity contribution < 1.29 is 28.5 Å². The summed E-state index contributed by atoms with van der Waals surface area (Å²) in [5.41, 5.74) is 3.51. The Morgan fingerprint density at radius 3 is 2.31 bits per heavy atom. The van der Waals surface area contributed by atoms with Gasteiger partial charge in [-0.15, -0.1) is 0 Å². The van der Waals surface area contributed by atoms with Crippen LogP contribution in [0.1, 0.15) is 15.9 Å². The van der Waals surface area contributed by atoms with Crippen molar-refractivity contribution in [2.75, 3.05) is 26.6 Å². The normalized spacial score (nSPS) is 10.8. The number of aromatic nitrogens is 1. The van der Waals surface area contributed by atoms with Crippen LogP contribution < -0.4 is 19.5 Å². The Kier molecular flexibility index (Phi) is 5.59. The van der Waals surface area contributed by atoms with E-state index in [0.29, 0.717) is 51.1 Å². The molecule has 2 N–H and O–H groups in total. The van der Waals surface area contributed by atoms with Crippen molar-refractivity contribution in [3.63, 3.8) is 0 Å². The van der Waals surface area contributed by atoms with Crippen LogP contribution >= 0.6 is 0 Å². The number of nitrogens with zero attached hydrogens (tertiary/aromatic N) is 1. The first-order chi connectivity index (χ1) is 15.4. The average Bonchev–Trinajstić information content (AvgIpc) is 3.20. The first-order valence-corrected chi connectivity index (χ1v) is 9.75. The fraction of sp³-hybridized carbons (Fsp3) is 0.167. The maximum absolute atomic E-state index is 12.8. The van der Waals surface area contributed by atoms with Crippen LogP contribution in [0.25, 0.3) is 22.6 Å². The lowest BCUT2D eigenvalue weighted by Crippen LogP contribution is -2.12. The number of phenols is 1. The van der Waals surface area contributed by atoms with Crippen LogP contribution in [0.4, 0.5) is 5.69 Å². The number of nitrogens with one attached hydrogen (secondary N) is 1. The monoisotopic (exact) mass is 434 g/mol. The van der Waals surface area contributed by atoms with E-state index in [2.05, 4.69) is 10.3 Å². The highest BCUT2D eigenvalue weighted by molar-refractivity contribution is 6.05. The van der Waals surface area contributed by atoms with Gasteiger partial charge in [0.25, 0.3) is 5.91 Å². The molecule has 0 saturated carbocycles. The quantitative estimate of drug-likeness (QED) is 0.450. The summed E-state index contributed by atoms with van der Waals surface area (Å²) in [6.07, 6.45) is 0. The highest BCUT2D eigenvalue weighted by atomic mass is 16.5. The number of carbonyl (C=O) groups excluding carboxylic acids is 1. The van der Waals surface area contributed by atoms with Crippen LogP contribution in [-0.4, -0.2) is 37.3 Å². The highest BCUT2D eigenvalue weighted by Crippen LogP contribution is 2.38. The van der Waals surface area contributed by atoms with Crippen molar-refractivity contribution >= 4 is 22.7 Å². The molecule has 0 aliphatic heterocycles. The van der Waals surface area contributed by atoms with Gasteiger partial charge < -0.3 is 29.1 Å². The third kappa shape index (κ3) is 3.90. The lowest BCUT2D eigenvalue weighted by Gasteiger charge is -2.14. The molecule has 0 saturated heterocycles. The van der Waals surface area contributed by atoms with Crippen LogP contribution in [0.5, 0.6) is 23.0 Å². The molecule has 0 spiro atoms. The summed E-state index contributed by atoms with van der Waals surface area (Å²) >= 11 is 0. The summed E-state index contributed by atoms with van der Waals surface area (Å²) in [7, 11) is 4.44. The second-order valence-corrected chi connectivity index (χ2v) is 7.09. The molecular formula is C24H22N2O6. The minimum absolute atomic E-state index is 0.0732. The number of oxazole rings is 1. The molecule has 8 nitrogen and oxygen atoms in total. The van der Waals surface area contributed by atoms with E-state index in [0.717, 1.165) is 5.56 Å². The van der Waals surface area contributed by atoms with Crippen LogP contribution in [0.2, 0.25) is 0 Å². The predicted molar refractivity (Wildman–Crippen MR) is 120 cm³/mol. The Morgan fingerprint density at radius 1 is 0.969 bits per heavy atom. The molecule has 4 rings (SSSR count). The smallest absolute Gasteiger partial charge is 0.255 e. The van der Waals surface area contributed by atoms with Gasteiger partial charge in [-0.1, -0.05) is 6.07 Å². The first kappa shape index (κ1) is 21.0. The summed E-state index contributed by atoms with van der Waals surface area (Å²) in [4.78, 5) is 17.2. The van der Waals surface area contributed by atoms with Crippen LogP contribution in [0.3, 0.4) is 0 Å². The van der Waals surface area contributed by atoms with Crippen molar-refractivity contribution in [3.05, 3.63) is 59.7 Å². The number of amides is 1. The summed E-state index contributed by atoms with van der Waals surface area (Å²) in [6.45, 7) is 1.96. The summed E-state index contributed by atoms with van der Waals surface area (Å²) < 4.78 is 21.6. The molecule has 0 fully saturated rings. The van der Waals surface area contributed by atoms with Gasteiger partial charge in [0.2, 0.25) is 11.6 Å². The summed E-state index contributed by atoms with van der Waals surface area (Å²) in [5.74, 6) is 0.931. The molecule has 0 radical (unpaired) electrons. The molecule has 3 aromatic carbocycles. The number of anilines is 1. The molecule has 1 amide bonds. The van der Waals surface area contributed by atoms with E-state index in [1.54, 1.807) is 24.3 Å². The zero-order valence-electron chi connectivity index (χ0n) is 18.1. The standard InChI is InChI=1S/C24H22N2O6/c1-13-5-8-17-19(9-13)32-24(26-17)16-7-6-15(12-18(16)27)25-23(28)14-10-20(29-2)22(31-4)21(11-14)30-3/h5-12,27H,1-4H3,(H,25,28). The van der Waals surface area contributed by atoms with Crippen molar-refractivity contribution in [1.82, 2.24) is 4.98 Å². The maximum Gasteiger partial charge on any atom is 0.255 e. The zero-order chi connectivity index (χ0) is 22.8. The van der Waals surface area contributed by atoms with Gasteiger partial charge in [-0.2, -0.15) is 0 Å². The Morgan fingerprint density at radius 2 is 1.69 bits per heavy atom. The fourth-order valence-electron chi connectivity index (χ4n) is 3.35. The number of ether oxygens (including phenoxy) is 3. The predicted octanol–water partition coefficient (Wildman–Crippen LogP) is 4.79. The molecule has 1 aromatic heterocycles. The minimum Gasteiger partial charge on any atom is -0.507 e. The number of rotatable bonds is 6. The molecule has 32 heavy (non-hydrogen) atoms. The lowest BCUT2D eigenvalue weighted by atomic mass is 10.1. The molecule has 8 heteroatoms. The van der Waals surface area contributed by atoms with Gasteiger partial charge in [-0.05, 0) is 48.9 Å². The van der Waals surface area contributed by atoms with Gasteiger partial charge >= 0.3 is 0 Å². The number of hydrogen-bond donors (Lipinski definition) is 2. The van der Waals surface area contributed by atoms with Gasteiger partial charge in [0.15, 0.2) is 17.1 Å². The molecule has 0 atom stereocenters. The number of methoxy groups -OCH3 is 3. The van der Waals surface area contributed by atoms with Gasteiger partial charge in [0.05, 0.1) is 26.9 Å². The van der Waals surface area contributed by atoms with Crippen LogP contribution in [0.15, 0.2) is 52.9 Å². The Hall–Kier alpha value is -4.20. The van der Waals surface area contributed by atoms with Gasteiger partial charge in [0, 0.05) is 17.3 Å². The average molecular weight is 434 g/mol. The van der Waals surface area contributed by atoms with E-state index in [-0.39, 0.29) is 5.75 Å². The van der Waals surface area contributed by atoms with E-state index in [1.807, 2.05) is 25.1 Å². The van der Waals surface area contributed by atoms with Crippen molar-refractivity contribution in [2.24, 2.45) is 0 Å². The molecule has 0 unspecified atom stereocenters. The molecule has 0 aliphatic carbocycles. The van der Waals surface area contributed by atoms with Crippen molar-refractivity contribution in [1.29, 1.82) is 0 Å². The number of fused-ring (bicyclic) bond motifs is 1. The molecule has 1 heterocycles. The first-order valence-electron chi connectivity index (χ1n) is 9.75. The van der Waals surface area contributed by atoms with E-state index in [4.69, 9.17) is 18.6 Å². The van der Waals surface area contributed by atoms with E-state index >= 15 is 0 Å². The SMILES string of the molecule is COc1cc(C(=O)Nc2ccc(-c3nc4ccc(C)cc4o3)c(O)c2)cc(OC)c1OC. The second-order valence-electron chi connectivity index (χ2n) is 7.09. The van der Waals surface area contributed by atoms with E-state index < -0.39 is 5.91 Å². The van der Waals surface area contributed by atoms with Gasteiger partial charge in [-0.3, -0.25) is 4.79 Å². The van der Waals surface area contributed by atoms with E-state index in [1.165, 1.54) is 27.4 Å². The maximum atomic E-state index is 12.8. The number of aryl methyl sites for hydroxylation is 1. The number of aromatic hydroxyl groups is 1. The minimum atomic E-state index is -0.409. The lowest BCUT2D eigenvalue weighted by molar-refractivity contribution is 0.102. The zero-order valence-corrected chi connectivity index (χ0v) is 18.1. The number of phenolic OH excluding ortho intramolecular Hbond substituents is 1. The number of hydrogen-bond acceptors (Lipinski definition) is 7. The summed E-state index contributed by atoms with van der Waals surface area (Å²) in [6, 6.07) is 13.5. The van der Waals surface area contributed by atoms with Crippen molar-refractivity contribution in [3.8, 4) is 34.5 Å². The number of benzene rings is 3. The molecule has 4 aromatic rings. The Balaban J connectivity index is 1.60. The molecule has 164 valence electrons. The summed E-state index contributed by atoms with van der Waals surface area (Å²) in [5, 5.41) is 13.3. The van der Waals surface area contributed by atoms with Crippen LogP contribution in [0, 0.1) is 6.92 Å². The molecular weight excluding hydrogens is 412 g/mol. The molecule has 0 bridgehead atoms. The number of carbonyl (C=O) groups is 1. The van der Waals surface area contributed by atoms with Gasteiger partial charge in [0.1, 0.15) is 11.3 Å². The topological polar surface area (TPSA) is 103 Å².